The second kappa shape index (κ2) is 11.7. The van der Waals surface area contributed by atoms with Gasteiger partial charge < -0.3 is 20.1 Å². The predicted octanol–water partition coefficient (Wildman–Crippen LogP) is 6.70. The summed E-state index contributed by atoms with van der Waals surface area (Å²) in [4.78, 5) is 13.2. The van der Waals surface area contributed by atoms with Crippen molar-refractivity contribution >= 4 is 5.97 Å². The first-order valence-electron chi connectivity index (χ1n) is 16.5. The van der Waals surface area contributed by atoms with Crippen molar-refractivity contribution in [2.45, 2.75) is 103 Å². The fourth-order valence-corrected chi connectivity index (χ4v) is 10.5. The van der Waals surface area contributed by atoms with Crippen LogP contribution in [0.1, 0.15) is 95.8 Å². The minimum absolute atomic E-state index is 0.0763. The van der Waals surface area contributed by atoms with E-state index in [2.05, 4.69) is 20.8 Å². The van der Waals surface area contributed by atoms with E-state index in [9.17, 15) is 20.1 Å². The molecule has 4 aliphatic carbocycles. The van der Waals surface area contributed by atoms with Crippen LogP contribution in [-0.2, 0) is 9.53 Å². The quantitative estimate of drug-likeness (QED) is 0.321. The third-order valence-electron chi connectivity index (χ3n) is 12.8. The highest BCUT2D eigenvalue weighted by Gasteiger charge is 2.65. The first kappa shape index (κ1) is 29.8. The monoisotopic (exact) mass is 574 g/mol. The number of aliphatic hydroxyl groups excluding tert-OH is 3. The Hall–Kier alpha value is -2.21. The van der Waals surface area contributed by atoms with Gasteiger partial charge in [-0.1, -0.05) is 81.4 Å². The van der Waals surface area contributed by atoms with E-state index in [0.29, 0.717) is 24.2 Å². The van der Waals surface area contributed by atoms with Gasteiger partial charge >= 0.3 is 5.97 Å². The molecule has 11 atom stereocenters. The van der Waals surface area contributed by atoms with Gasteiger partial charge in [-0.25, -0.2) is 0 Å². The molecule has 42 heavy (non-hydrogen) atoms. The molecular formula is C37H50O5. The van der Waals surface area contributed by atoms with Crippen LogP contribution in [0.2, 0.25) is 0 Å². The van der Waals surface area contributed by atoms with Gasteiger partial charge in [0.2, 0.25) is 0 Å². The molecule has 5 heteroatoms. The molecule has 5 nitrogen and oxygen atoms in total. The first-order valence-corrected chi connectivity index (χ1v) is 16.5. The Labute approximate surface area is 251 Å². The van der Waals surface area contributed by atoms with Gasteiger partial charge in [0.05, 0.1) is 18.3 Å². The summed E-state index contributed by atoms with van der Waals surface area (Å²) in [6.45, 7) is 6.90. The minimum Gasteiger partial charge on any atom is -0.453 e. The number of esters is 1. The second-order valence-electron chi connectivity index (χ2n) is 14.7. The number of ether oxygens (including phenoxy) is 1. The molecular weight excluding hydrogens is 524 g/mol. The maximum Gasteiger partial charge on any atom is 0.306 e. The van der Waals surface area contributed by atoms with Crippen molar-refractivity contribution in [3.63, 3.8) is 0 Å². The van der Waals surface area contributed by atoms with E-state index >= 15 is 0 Å². The number of carbonyl (C=O) groups is 1. The van der Waals surface area contributed by atoms with E-state index in [1.807, 2.05) is 60.7 Å². The Morgan fingerprint density at radius 3 is 2.17 bits per heavy atom. The molecule has 4 fully saturated rings. The van der Waals surface area contributed by atoms with Crippen molar-refractivity contribution in [3.8, 4) is 0 Å². The Balaban J connectivity index is 1.14. The molecule has 0 aliphatic heterocycles. The van der Waals surface area contributed by atoms with Crippen LogP contribution >= 0.6 is 0 Å². The second-order valence-corrected chi connectivity index (χ2v) is 14.7. The molecule has 3 N–H and O–H groups in total. The Morgan fingerprint density at radius 1 is 0.881 bits per heavy atom. The van der Waals surface area contributed by atoms with Gasteiger partial charge in [0.15, 0.2) is 6.10 Å². The SMILES string of the molecule is C[C@H](CCC(=O)OC(c1ccccc1)c1ccccc1)[C@H]1CC[C@H]2[C@@H]3[C@H](O)C[C@H]4C[C@H](O)CC[C@]4(C)[C@H]3C[C@H](O)[C@]12C. The van der Waals surface area contributed by atoms with Gasteiger partial charge in [-0.3, -0.25) is 4.79 Å². The molecule has 0 unspecified atom stereocenters. The van der Waals surface area contributed by atoms with Gasteiger partial charge in [0.25, 0.3) is 0 Å². The molecule has 2 aromatic rings. The van der Waals surface area contributed by atoms with E-state index < -0.39 is 12.2 Å². The maximum atomic E-state index is 13.2. The van der Waals surface area contributed by atoms with E-state index in [0.717, 1.165) is 62.5 Å². The standard InChI is InChI=1S/C37H50O5/c1-23(14-17-33(41)42-35(24-10-6-4-7-11-24)25-12-8-5-9-13-25)28-15-16-29-34-30(22-32(40)37(28,29)3)36(2)19-18-27(38)20-26(36)21-31(34)39/h4-13,23,26-32,34-35,38-40H,14-22H2,1-3H3/t23-,26-,27-,28-,29+,30+,31-,32+,34+,36+,37-/m1/s1. The Morgan fingerprint density at radius 2 is 1.52 bits per heavy atom. The van der Waals surface area contributed by atoms with Gasteiger partial charge in [-0.05, 0) is 109 Å². The lowest BCUT2D eigenvalue weighted by atomic mass is 9.43. The third kappa shape index (κ3) is 5.14. The highest BCUT2D eigenvalue weighted by molar-refractivity contribution is 5.70. The fourth-order valence-electron chi connectivity index (χ4n) is 10.5. The number of hydrogen-bond acceptors (Lipinski definition) is 5. The molecule has 0 heterocycles. The summed E-state index contributed by atoms with van der Waals surface area (Å²) in [5.41, 5.74) is 1.74. The largest absolute Gasteiger partial charge is 0.453 e. The van der Waals surface area contributed by atoms with Gasteiger partial charge in [0, 0.05) is 6.42 Å². The third-order valence-corrected chi connectivity index (χ3v) is 12.8. The summed E-state index contributed by atoms with van der Waals surface area (Å²) in [6.07, 6.45) is 5.75. The lowest BCUT2D eigenvalue weighted by Crippen LogP contribution is -2.62. The topological polar surface area (TPSA) is 87.0 Å². The van der Waals surface area contributed by atoms with Crippen LogP contribution in [0.4, 0.5) is 0 Å². The molecule has 228 valence electrons. The lowest BCUT2D eigenvalue weighted by Gasteiger charge is -2.63. The van der Waals surface area contributed by atoms with Crippen molar-refractivity contribution in [2.24, 2.45) is 46.3 Å². The van der Waals surface area contributed by atoms with Gasteiger partial charge in [-0.2, -0.15) is 0 Å². The molecule has 2 aromatic carbocycles. The number of aliphatic hydroxyl groups is 3. The number of rotatable bonds is 7. The van der Waals surface area contributed by atoms with Crippen LogP contribution in [-0.4, -0.2) is 39.6 Å². The van der Waals surface area contributed by atoms with Crippen molar-refractivity contribution in [1.29, 1.82) is 0 Å². The smallest absolute Gasteiger partial charge is 0.306 e. The molecule has 4 aliphatic rings. The summed E-state index contributed by atoms with van der Waals surface area (Å²) in [5, 5.41) is 33.8. The zero-order valence-electron chi connectivity index (χ0n) is 25.6. The summed E-state index contributed by atoms with van der Waals surface area (Å²) in [5.74, 6) is 1.48. The molecule has 0 bridgehead atoms. The van der Waals surface area contributed by atoms with E-state index in [1.54, 1.807) is 0 Å². The zero-order valence-corrected chi connectivity index (χ0v) is 25.6. The van der Waals surface area contributed by atoms with Crippen molar-refractivity contribution < 1.29 is 24.9 Å². The summed E-state index contributed by atoms with van der Waals surface area (Å²) in [7, 11) is 0. The predicted molar refractivity (Wildman–Crippen MR) is 163 cm³/mol. The van der Waals surface area contributed by atoms with Crippen molar-refractivity contribution in [3.05, 3.63) is 71.8 Å². The summed E-state index contributed by atoms with van der Waals surface area (Å²) < 4.78 is 6.10. The molecule has 6 rings (SSSR count). The summed E-state index contributed by atoms with van der Waals surface area (Å²) >= 11 is 0. The zero-order chi connectivity index (χ0) is 29.6. The van der Waals surface area contributed by atoms with Crippen LogP contribution < -0.4 is 0 Å². The molecule has 0 aromatic heterocycles. The normalized spacial score (nSPS) is 40.1. The molecule has 0 saturated heterocycles. The van der Waals surface area contributed by atoms with E-state index in [-0.39, 0.29) is 46.8 Å². The molecule has 0 radical (unpaired) electrons. The molecule has 0 spiro atoms. The number of hydrogen-bond donors (Lipinski definition) is 3. The van der Waals surface area contributed by atoms with Crippen LogP contribution in [0, 0.1) is 46.3 Å². The molecule has 0 amide bonds. The van der Waals surface area contributed by atoms with Crippen LogP contribution in [0.3, 0.4) is 0 Å². The Kier molecular flexibility index (Phi) is 8.32. The number of fused-ring (bicyclic) bond motifs is 5. The van der Waals surface area contributed by atoms with E-state index in [1.165, 1.54) is 0 Å². The average molecular weight is 575 g/mol. The van der Waals surface area contributed by atoms with Crippen LogP contribution in [0.5, 0.6) is 0 Å². The number of benzene rings is 2. The average Bonchev–Trinajstić information content (AvgIpc) is 3.35. The van der Waals surface area contributed by atoms with Crippen LogP contribution in [0.15, 0.2) is 60.7 Å². The highest BCUT2D eigenvalue weighted by atomic mass is 16.5. The highest BCUT2D eigenvalue weighted by Crippen LogP contribution is 2.68. The van der Waals surface area contributed by atoms with Gasteiger partial charge in [0.1, 0.15) is 0 Å². The lowest BCUT2D eigenvalue weighted by molar-refractivity contribution is -0.207. The van der Waals surface area contributed by atoms with Crippen molar-refractivity contribution in [2.75, 3.05) is 0 Å². The first-order chi connectivity index (χ1) is 20.1. The maximum absolute atomic E-state index is 13.2. The minimum atomic E-state index is -0.431. The van der Waals surface area contributed by atoms with E-state index in [4.69, 9.17) is 4.74 Å². The van der Waals surface area contributed by atoms with Crippen LogP contribution in [0.25, 0.3) is 0 Å². The number of carbonyl (C=O) groups excluding carboxylic acids is 1. The fraction of sp³-hybridized carbons (Fsp3) is 0.649. The Bertz CT molecular complexity index is 1180. The molecule has 4 saturated carbocycles. The summed E-state index contributed by atoms with van der Waals surface area (Å²) in [6, 6.07) is 19.8. The van der Waals surface area contributed by atoms with Gasteiger partial charge in [-0.15, -0.1) is 0 Å². The van der Waals surface area contributed by atoms with Crippen molar-refractivity contribution in [1.82, 2.24) is 0 Å².